The van der Waals surface area contributed by atoms with Crippen LogP contribution in [0, 0.1) is 11.8 Å². The Morgan fingerprint density at radius 3 is 2.77 bits per heavy atom. The average molecular weight is 304 g/mol. The predicted molar refractivity (Wildman–Crippen MR) is 84.4 cm³/mol. The fraction of sp³-hybridized carbons (Fsp3) is 0.588. The Kier molecular flexibility index (Phi) is 4.52. The molecule has 0 aromatic heterocycles. The highest BCUT2D eigenvalue weighted by atomic mass is 16.5. The third kappa shape index (κ3) is 3.19. The second kappa shape index (κ2) is 6.57. The van der Waals surface area contributed by atoms with Crippen molar-refractivity contribution in [2.24, 2.45) is 11.8 Å². The summed E-state index contributed by atoms with van der Waals surface area (Å²) in [4.78, 5) is 12.5. The number of ether oxygens (including phenoxy) is 2. The molecule has 22 heavy (non-hydrogen) atoms. The van der Waals surface area contributed by atoms with E-state index in [0.717, 1.165) is 30.2 Å². The van der Waals surface area contributed by atoms with Crippen LogP contribution in [0.5, 0.6) is 11.5 Å². The number of carbonyl (C=O) groups is 1. The van der Waals surface area contributed by atoms with Gasteiger partial charge in [0.15, 0.2) is 0 Å². The summed E-state index contributed by atoms with van der Waals surface area (Å²) in [5.41, 5.74) is 1.04. The normalized spacial score (nSPS) is 24.1. The maximum Gasteiger partial charge on any atom is 0.225 e. The maximum absolute atomic E-state index is 12.5. The van der Waals surface area contributed by atoms with E-state index in [1.165, 1.54) is 12.8 Å². The topological polar surface area (TPSA) is 59.6 Å². The molecule has 2 aliphatic rings. The van der Waals surface area contributed by atoms with Gasteiger partial charge in [-0.3, -0.25) is 4.79 Å². The Morgan fingerprint density at radius 2 is 2.09 bits per heavy atom. The molecule has 5 heteroatoms. The number of rotatable bonds is 6. The van der Waals surface area contributed by atoms with Crippen molar-refractivity contribution in [3.8, 4) is 11.5 Å². The Hall–Kier alpha value is -1.75. The monoisotopic (exact) mass is 304 g/mol. The zero-order chi connectivity index (χ0) is 15.5. The molecule has 0 spiro atoms. The first kappa shape index (κ1) is 15.2. The molecule has 2 atom stereocenters. The van der Waals surface area contributed by atoms with Gasteiger partial charge in [-0.2, -0.15) is 0 Å². The molecule has 2 unspecified atom stereocenters. The molecule has 0 bridgehead atoms. The standard InChI is InChI=1S/C17H24N2O3/c1-21-12-5-6-16(22-2)13(7-12)14-9-18-10-15(14)17(20)19-8-11-3-4-11/h5-7,11,14-15,18H,3-4,8-10H2,1-2H3,(H,19,20). The van der Waals surface area contributed by atoms with Crippen LogP contribution in [0.1, 0.15) is 24.3 Å². The predicted octanol–water partition coefficient (Wildman–Crippen LogP) is 1.53. The second-order valence-electron chi connectivity index (χ2n) is 6.17. The molecule has 120 valence electrons. The van der Waals surface area contributed by atoms with Gasteiger partial charge in [0, 0.05) is 31.1 Å². The van der Waals surface area contributed by atoms with Gasteiger partial charge in [0.25, 0.3) is 0 Å². The summed E-state index contributed by atoms with van der Waals surface area (Å²) < 4.78 is 10.8. The number of benzene rings is 1. The molecule has 1 saturated carbocycles. The summed E-state index contributed by atoms with van der Waals surface area (Å²) in [5.74, 6) is 2.51. The molecule has 1 amide bonds. The van der Waals surface area contributed by atoms with Crippen molar-refractivity contribution in [3.05, 3.63) is 23.8 Å². The summed E-state index contributed by atoms with van der Waals surface area (Å²) >= 11 is 0. The third-order valence-electron chi connectivity index (χ3n) is 4.65. The Morgan fingerprint density at radius 1 is 1.27 bits per heavy atom. The second-order valence-corrected chi connectivity index (χ2v) is 6.17. The van der Waals surface area contributed by atoms with Gasteiger partial charge in [0.1, 0.15) is 11.5 Å². The van der Waals surface area contributed by atoms with Crippen LogP contribution in [0.15, 0.2) is 18.2 Å². The van der Waals surface area contributed by atoms with Crippen molar-refractivity contribution in [1.82, 2.24) is 10.6 Å². The highest BCUT2D eigenvalue weighted by Crippen LogP contribution is 2.37. The number of nitrogens with one attached hydrogen (secondary N) is 2. The molecule has 2 N–H and O–H groups in total. The largest absolute Gasteiger partial charge is 0.497 e. The van der Waals surface area contributed by atoms with E-state index in [2.05, 4.69) is 10.6 Å². The summed E-state index contributed by atoms with van der Waals surface area (Å²) in [5, 5.41) is 6.44. The fourth-order valence-electron chi connectivity index (χ4n) is 3.11. The molecule has 1 aromatic rings. The lowest BCUT2D eigenvalue weighted by molar-refractivity contribution is -0.124. The SMILES string of the molecule is COc1ccc(OC)c(C2CNCC2C(=O)NCC2CC2)c1. The summed E-state index contributed by atoms with van der Waals surface area (Å²) in [6.07, 6.45) is 2.49. The van der Waals surface area contributed by atoms with E-state index in [4.69, 9.17) is 9.47 Å². The van der Waals surface area contributed by atoms with Crippen LogP contribution in [0.2, 0.25) is 0 Å². The number of amides is 1. The Balaban J connectivity index is 1.77. The van der Waals surface area contributed by atoms with Crippen molar-refractivity contribution in [2.45, 2.75) is 18.8 Å². The summed E-state index contributed by atoms with van der Waals surface area (Å²) in [7, 11) is 3.31. The molecular weight excluding hydrogens is 280 g/mol. The zero-order valence-corrected chi connectivity index (χ0v) is 13.2. The number of hydrogen-bond donors (Lipinski definition) is 2. The van der Waals surface area contributed by atoms with Crippen molar-refractivity contribution < 1.29 is 14.3 Å². The van der Waals surface area contributed by atoms with Gasteiger partial charge < -0.3 is 20.1 Å². The molecule has 1 saturated heterocycles. The van der Waals surface area contributed by atoms with Crippen molar-refractivity contribution in [3.63, 3.8) is 0 Å². The maximum atomic E-state index is 12.5. The quantitative estimate of drug-likeness (QED) is 0.837. The molecule has 1 aliphatic heterocycles. The van der Waals surface area contributed by atoms with Gasteiger partial charge in [0.05, 0.1) is 20.1 Å². The van der Waals surface area contributed by atoms with E-state index in [1.54, 1.807) is 14.2 Å². The molecule has 0 radical (unpaired) electrons. The van der Waals surface area contributed by atoms with Crippen molar-refractivity contribution in [2.75, 3.05) is 33.9 Å². The van der Waals surface area contributed by atoms with Crippen LogP contribution < -0.4 is 20.1 Å². The highest BCUT2D eigenvalue weighted by Gasteiger charge is 2.36. The van der Waals surface area contributed by atoms with Gasteiger partial charge in [-0.1, -0.05) is 0 Å². The molecule has 2 fully saturated rings. The average Bonchev–Trinajstić information content (AvgIpc) is 3.26. The van der Waals surface area contributed by atoms with E-state index in [1.807, 2.05) is 18.2 Å². The van der Waals surface area contributed by atoms with Gasteiger partial charge in [-0.05, 0) is 37.0 Å². The lowest BCUT2D eigenvalue weighted by Crippen LogP contribution is -2.35. The van der Waals surface area contributed by atoms with E-state index in [0.29, 0.717) is 12.5 Å². The van der Waals surface area contributed by atoms with Crippen LogP contribution in [-0.2, 0) is 4.79 Å². The molecule has 1 aliphatic carbocycles. The minimum absolute atomic E-state index is 0.0558. The van der Waals surface area contributed by atoms with Crippen molar-refractivity contribution >= 4 is 5.91 Å². The first-order valence-electron chi connectivity index (χ1n) is 7.93. The van der Waals surface area contributed by atoms with E-state index >= 15 is 0 Å². The van der Waals surface area contributed by atoms with Crippen molar-refractivity contribution in [1.29, 1.82) is 0 Å². The van der Waals surface area contributed by atoms with Gasteiger partial charge in [-0.25, -0.2) is 0 Å². The minimum Gasteiger partial charge on any atom is -0.497 e. The summed E-state index contributed by atoms with van der Waals surface area (Å²) in [6, 6.07) is 5.77. The smallest absolute Gasteiger partial charge is 0.225 e. The number of carbonyl (C=O) groups excluding carboxylic acids is 1. The highest BCUT2D eigenvalue weighted by molar-refractivity contribution is 5.80. The fourth-order valence-corrected chi connectivity index (χ4v) is 3.11. The van der Waals surface area contributed by atoms with E-state index in [-0.39, 0.29) is 17.7 Å². The molecular formula is C17H24N2O3. The number of methoxy groups -OCH3 is 2. The van der Waals surface area contributed by atoms with Crippen LogP contribution in [0.4, 0.5) is 0 Å². The minimum atomic E-state index is -0.0558. The van der Waals surface area contributed by atoms with E-state index < -0.39 is 0 Å². The Labute approximate surface area is 131 Å². The van der Waals surface area contributed by atoms with Crippen LogP contribution in [0.25, 0.3) is 0 Å². The van der Waals surface area contributed by atoms with Crippen LogP contribution >= 0.6 is 0 Å². The van der Waals surface area contributed by atoms with Gasteiger partial charge in [-0.15, -0.1) is 0 Å². The molecule has 1 aromatic carbocycles. The lowest BCUT2D eigenvalue weighted by Gasteiger charge is -2.21. The molecule has 5 nitrogen and oxygen atoms in total. The lowest BCUT2D eigenvalue weighted by atomic mass is 9.87. The summed E-state index contributed by atoms with van der Waals surface area (Å²) in [6.45, 7) is 2.31. The Bertz CT molecular complexity index is 543. The zero-order valence-electron chi connectivity index (χ0n) is 13.2. The van der Waals surface area contributed by atoms with Crippen LogP contribution in [-0.4, -0.2) is 39.8 Å². The van der Waals surface area contributed by atoms with Gasteiger partial charge in [0.2, 0.25) is 5.91 Å². The first-order chi connectivity index (χ1) is 10.7. The van der Waals surface area contributed by atoms with Crippen LogP contribution in [0.3, 0.4) is 0 Å². The molecule has 3 rings (SSSR count). The molecule has 1 heterocycles. The number of hydrogen-bond acceptors (Lipinski definition) is 4. The van der Waals surface area contributed by atoms with E-state index in [9.17, 15) is 4.79 Å². The van der Waals surface area contributed by atoms with Gasteiger partial charge >= 0.3 is 0 Å². The third-order valence-corrected chi connectivity index (χ3v) is 4.65. The first-order valence-corrected chi connectivity index (χ1v) is 7.93.